The number of carbonyl (C=O) groups is 2. The van der Waals surface area contributed by atoms with Crippen LogP contribution in [0, 0.1) is 0 Å². The molecule has 0 bridgehead atoms. The highest BCUT2D eigenvalue weighted by Gasteiger charge is 2.04. The first kappa shape index (κ1) is 12.2. The number of carboxylic acid groups (broad SMARTS) is 1. The topological polar surface area (TPSA) is 66.4 Å². The van der Waals surface area contributed by atoms with Crippen LogP contribution in [0.2, 0.25) is 0 Å². The molecule has 0 fully saturated rings. The van der Waals surface area contributed by atoms with Gasteiger partial charge in [-0.25, -0.2) is 0 Å². The van der Waals surface area contributed by atoms with Crippen molar-refractivity contribution in [1.82, 2.24) is 5.32 Å². The van der Waals surface area contributed by atoms with Gasteiger partial charge < -0.3 is 10.4 Å². The maximum atomic E-state index is 11.0. The number of rotatable bonds is 6. The minimum absolute atomic E-state index is 0.0454. The van der Waals surface area contributed by atoms with Gasteiger partial charge in [-0.05, 0) is 6.08 Å². The molecule has 0 aromatic carbocycles. The highest BCUT2D eigenvalue weighted by molar-refractivity contribution is 5.82. The van der Waals surface area contributed by atoms with Crippen LogP contribution in [0.3, 0.4) is 0 Å². The predicted octanol–water partition coefficient (Wildman–Crippen LogP) is 1.22. The molecule has 0 atom stereocenters. The van der Waals surface area contributed by atoms with Gasteiger partial charge in [0.25, 0.3) is 0 Å². The third kappa shape index (κ3) is 6.84. The molecule has 0 saturated carbocycles. The first-order chi connectivity index (χ1) is 6.56. The van der Waals surface area contributed by atoms with Gasteiger partial charge in [-0.1, -0.05) is 25.3 Å². The average Bonchev–Trinajstić information content (AvgIpc) is 2.11. The number of aliphatic carboxylic acids is 1. The molecular weight excluding hydrogens is 182 g/mol. The van der Waals surface area contributed by atoms with Crippen LogP contribution in [0.15, 0.2) is 37.1 Å². The molecule has 14 heavy (non-hydrogen) atoms. The van der Waals surface area contributed by atoms with E-state index in [0.717, 1.165) is 0 Å². The fourth-order valence-electron chi connectivity index (χ4n) is 0.688. The second-order valence-electron chi connectivity index (χ2n) is 2.56. The average molecular weight is 195 g/mol. The minimum atomic E-state index is -0.993. The predicted molar refractivity (Wildman–Crippen MR) is 53.5 cm³/mol. The Morgan fingerprint density at radius 3 is 2.50 bits per heavy atom. The van der Waals surface area contributed by atoms with E-state index in [2.05, 4.69) is 18.5 Å². The van der Waals surface area contributed by atoms with Gasteiger partial charge in [0.15, 0.2) is 0 Å². The molecule has 1 amide bonds. The summed E-state index contributed by atoms with van der Waals surface area (Å²) in [5, 5.41) is 10.7. The van der Waals surface area contributed by atoms with Gasteiger partial charge in [-0.3, -0.25) is 9.59 Å². The maximum Gasteiger partial charge on any atom is 0.303 e. The summed E-state index contributed by atoms with van der Waals surface area (Å²) in [7, 11) is 0. The fraction of sp³-hybridized carbons (Fsp3) is 0.200. The highest BCUT2D eigenvalue weighted by atomic mass is 16.4. The summed E-state index contributed by atoms with van der Waals surface area (Å²) >= 11 is 0. The normalized spacial score (nSPS) is 9.71. The summed E-state index contributed by atoms with van der Waals surface area (Å²) in [5.41, 5.74) is 0.417. The van der Waals surface area contributed by atoms with E-state index in [1.165, 1.54) is 0 Å². The van der Waals surface area contributed by atoms with E-state index in [0.29, 0.717) is 5.70 Å². The lowest BCUT2D eigenvalue weighted by Gasteiger charge is -2.02. The number of nitrogens with one attached hydrogen (secondary N) is 1. The van der Waals surface area contributed by atoms with E-state index in [9.17, 15) is 9.59 Å². The third-order valence-electron chi connectivity index (χ3n) is 1.30. The van der Waals surface area contributed by atoms with Gasteiger partial charge in [0.05, 0.1) is 6.42 Å². The van der Waals surface area contributed by atoms with Crippen LogP contribution in [0.1, 0.15) is 12.8 Å². The molecule has 0 spiro atoms. The van der Waals surface area contributed by atoms with Crippen molar-refractivity contribution in [2.24, 2.45) is 0 Å². The number of hydrogen-bond donors (Lipinski definition) is 2. The van der Waals surface area contributed by atoms with E-state index < -0.39 is 5.97 Å². The summed E-state index contributed by atoms with van der Waals surface area (Å²) < 4.78 is 0. The summed E-state index contributed by atoms with van der Waals surface area (Å²) in [6.07, 6.45) is 4.53. The van der Waals surface area contributed by atoms with E-state index >= 15 is 0 Å². The Morgan fingerprint density at radius 2 is 2.00 bits per heavy atom. The Hall–Kier alpha value is -1.84. The van der Waals surface area contributed by atoms with Crippen molar-refractivity contribution in [2.45, 2.75) is 12.8 Å². The fourth-order valence-corrected chi connectivity index (χ4v) is 0.688. The zero-order valence-electron chi connectivity index (χ0n) is 7.82. The summed E-state index contributed by atoms with van der Waals surface area (Å²) in [5.74, 6) is -1.35. The zero-order valence-corrected chi connectivity index (χ0v) is 7.82. The highest BCUT2D eigenvalue weighted by Crippen LogP contribution is 1.93. The molecule has 0 saturated heterocycles. The van der Waals surface area contributed by atoms with Crippen molar-refractivity contribution in [1.29, 1.82) is 0 Å². The molecule has 0 unspecified atom stereocenters. The molecule has 0 heterocycles. The van der Waals surface area contributed by atoms with Crippen LogP contribution >= 0.6 is 0 Å². The molecule has 0 aromatic rings. The first-order valence-electron chi connectivity index (χ1n) is 4.06. The van der Waals surface area contributed by atoms with E-state index in [1.807, 2.05) is 0 Å². The molecule has 2 N–H and O–H groups in total. The van der Waals surface area contributed by atoms with E-state index in [1.54, 1.807) is 18.2 Å². The number of carbonyl (C=O) groups excluding carboxylic acids is 1. The second-order valence-corrected chi connectivity index (χ2v) is 2.56. The van der Waals surface area contributed by atoms with Crippen molar-refractivity contribution in [3.05, 3.63) is 37.1 Å². The Labute approximate surface area is 82.6 Å². The smallest absolute Gasteiger partial charge is 0.303 e. The molecule has 76 valence electrons. The maximum absolute atomic E-state index is 11.0. The molecule has 0 aliphatic carbocycles. The first-order valence-corrected chi connectivity index (χ1v) is 4.06. The SMILES string of the molecule is C=C/C=C\C(=C)NC(=O)CCC(=O)O. The quantitative estimate of drug-likeness (QED) is 0.626. The van der Waals surface area contributed by atoms with Gasteiger partial charge in [0, 0.05) is 12.1 Å². The third-order valence-corrected chi connectivity index (χ3v) is 1.30. The van der Waals surface area contributed by atoms with Crippen LogP contribution in [-0.2, 0) is 9.59 Å². The zero-order chi connectivity index (χ0) is 11.0. The summed E-state index contributed by atoms with van der Waals surface area (Å²) in [6, 6.07) is 0. The van der Waals surface area contributed by atoms with Crippen LogP contribution in [0.5, 0.6) is 0 Å². The van der Waals surface area contributed by atoms with E-state index in [4.69, 9.17) is 5.11 Å². The van der Waals surface area contributed by atoms with Gasteiger partial charge in [0.2, 0.25) is 5.91 Å². The largest absolute Gasteiger partial charge is 0.481 e. The van der Waals surface area contributed by atoms with Gasteiger partial charge in [-0.2, -0.15) is 0 Å². The van der Waals surface area contributed by atoms with Crippen LogP contribution < -0.4 is 5.32 Å². The van der Waals surface area contributed by atoms with Gasteiger partial charge >= 0.3 is 5.97 Å². The van der Waals surface area contributed by atoms with Crippen molar-refractivity contribution >= 4 is 11.9 Å². The lowest BCUT2D eigenvalue weighted by molar-refractivity contribution is -0.138. The molecule has 0 aliphatic rings. The summed E-state index contributed by atoms with van der Waals surface area (Å²) in [4.78, 5) is 21.2. The van der Waals surface area contributed by atoms with Crippen molar-refractivity contribution in [3.8, 4) is 0 Å². The number of carboxylic acids is 1. The minimum Gasteiger partial charge on any atom is -0.481 e. The Morgan fingerprint density at radius 1 is 1.36 bits per heavy atom. The molecule has 4 nitrogen and oxygen atoms in total. The Balaban J connectivity index is 3.82. The van der Waals surface area contributed by atoms with Gasteiger partial charge in [-0.15, -0.1) is 0 Å². The summed E-state index contributed by atoms with van der Waals surface area (Å²) in [6.45, 7) is 7.00. The molecule has 0 aliphatic heterocycles. The molecule has 0 aromatic heterocycles. The number of amides is 1. The van der Waals surface area contributed by atoms with Crippen LogP contribution in [0.25, 0.3) is 0 Å². The lowest BCUT2D eigenvalue weighted by atomic mass is 10.3. The standard InChI is InChI=1S/C10H13NO3/c1-3-4-5-8(2)11-9(12)6-7-10(13)14/h3-5H,1-2,6-7H2,(H,11,12)(H,13,14)/b5-4-. The van der Waals surface area contributed by atoms with Crippen molar-refractivity contribution < 1.29 is 14.7 Å². The van der Waals surface area contributed by atoms with Gasteiger partial charge in [0.1, 0.15) is 0 Å². The molecular formula is C10H13NO3. The Kier molecular flexibility index (Phi) is 5.78. The molecule has 0 radical (unpaired) electrons. The molecule has 0 rings (SSSR count). The van der Waals surface area contributed by atoms with E-state index in [-0.39, 0.29) is 18.7 Å². The lowest BCUT2D eigenvalue weighted by Crippen LogP contribution is -2.21. The number of allylic oxidation sites excluding steroid dienone is 3. The van der Waals surface area contributed by atoms with Crippen LogP contribution in [0.4, 0.5) is 0 Å². The molecule has 4 heteroatoms. The second kappa shape index (κ2) is 6.65. The van der Waals surface area contributed by atoms with Crippen molar-refractivity contribution in [3.63, 3.8) is 0 Å². The monoisotopic (exact) mass is 195 g/mol. The Bertz CT molecular complexity index is 279. The van der Waals surface area contributed by atoms with Crippen molar-refractivity contribution in [2.75, 3.05) is 0 Å². The van der Waals surface area contributed by atoms with Crippen LogP contribution in [-0.4, -0.2) is 17.0 Å². The number of hydrogen-bond acceptors (Lipinski definition) is 2.